The molecule has 0 spiro atoms. The van der Waals surface area contributed by atoms with Crippen molar-refractivity contribution >= 4 is 15.9 Å². The zero-order valence-electron chi connectivity index (χ0n) is 18.4. The van der Waals surface area contributed by atoms with Crippen LogP contribution in [0.4, 0.5) is 4.39 Å². The van der Waals surface area contributed by atoms with Crippen LogP contribution < -0.4 is 10.1 Å². The summed E-state index contributed by atoms with van der Waals surface area (Å²) in [5.41, 5.74) is 3.53. The first-order valence-corrected chi connectivity index (χ1v) is 12.1. The van der Waals surface area contributed by atoms with Crippen LogP contribution in [0.5, 0.6) is 5.75 Å². The van der Waals surface area contributed by atoms with Crippen LogP contribution >= 0.6 is 0 Å². The van der Waals surface area contributed by atoms with Crippen LogP contribution in [0.3, 0.4) is 0 Å². The van der Waals surface area contributed by atoms with Crippen molar-refractivity contribution in [1.82, 2.24) is 19.4 Å². The molecule has 1 aliphatic rings. The number of halogens is 1. The highest BCUT2D eigenvalue weighted by Crippen LogP contribution is 2.25. The van der Waals surface area contributed by atoms with E-state index in [1.54, 1.807) is 32.4 Å². The third kappa shape index (κ3) is 5.07. The van der Waals surface area contributed by atoms with Gasteiger partial charge in [0.1, 0.15) is 17.3 Å². The summed E-state index contributed by atoms with van der Waals surface area (Å²) in [7, 11) is -0.316. The van der Waals surface area contributed by atoms with E-state index in [1.165, 1.54) is 21.1 Å². The minimum atomic E-state index is -3.54. The van der Waals surface area contributed by atoms with E-state index in [1.807, 2.05) is 18.2 Å². The number of carbonyl (C=O) groups excluding carboxylic acids is 1. The van der Waals surface area contributed by atoms with Gasteiger partial charge in [-0.3, -0.25) is 9.48 Å². The molecule has 0 fully saturated rings. The van der Waals surface area contributed by atoms with Crippen LogP contribution in [-0.2, 0) is 30.0 Å². The van der Waals surface area contributed by atoms with Gasteiger partial charge in [-0.05, 0) is 60.0 Å². The minimum absolute atomic E-state index is 0.0236. The van der Waals surface area contributed by atoms with Crippen LogP contribution in [0.25, 0.3) is 11.3 Å². The Morgan fingerprint density at radius 3 is 2.64 bits per heavy atom. The van der Waals surface area contributed by atoms with Crippen molar-refractivity contribution < 1.29 is 22.3 Å². The Morgan fingerprint density at radius 1 is 1.15 bits per heavy atom. The summed E-state index contributed by atoms with van der Waals surface area (Å²) in [6.45, 7) is 0.668. The van der Waals surface area contributed by atoms with Crippen molar-refractivity contribution in [3.8, 4) is 17.0 Å². The lowest BCUT2D eigenvalue weighted by Crippen LogP contribution is -2.40. The third-order valence-electron chi connectivity index (χ3n) is 5.68. The number of hydrogen-bond donors (Lipinski definition) is 1. The molecule has 0 bridgehead atoms. The Hall–Kier alpha value is -3.24. The quantitative estimate of drug-likeness (QED) is 0.570. The molecule has 3 aromatic rings. The van der Waals surface area contributed by atoms with Crippen molar-refractivity contribution in [2.45, 2.75) is 13.0 Å². The highest BCUT2D eigenvalue weighted by Gasteiger charge is 2.27. The average molecular weight is 473 g/mol. The van der Waals surface area contributed by atoms with Gasteiger partial charge in [-0.25, -0.2) is 12.8 Å². The van der Waals surface area contributed by atoms with Crippen molar-refractivity contribution in [2.24, 2.45) is 7.05 Å². The maximum atomic E-state index is 13.1. The van der Waals surface area contributed by atoms with Crippen LogP contribution in [0.2, 0.25) is 0 Å². The molecule has 8 nitrogen and oxygen atoms in total. The molecule has 0 atom stereocenters. The Bertz CT molecular complexity index is 1270. The topological polar surface area (TPSA) is 93.5 Å². The van der Waals surface area contributed by atoms with Gasteiger partial charge in [0.15, 0.2) is 0 Å². The standard InChI is InChI=1S/C23H25FN4O4S/c1-27-22(14-21(26-27)16-3-6-19(24)7-4-16)23(29)25-10-12-33(30,31)28-11-9-17-13-20(32-2)8-5-18(17)15-28/h3-8,13-14H,9-12,15H2,1-2H3,(H,25,29). The van der Waals surface area contributed by atoms with E-state index in [9.17, 15) is 17.6 Å². The van der Waals surface area contributed by atoms with Gasteiger partial charge in [-0.15, -0.1) is 0 Å². The van der Waals surface area contributed by atoms with Crippen molar-refractivity contribution in [1.29, 1.82) is 0 Å². The lowest BCUT2D eigenvalue weighted by Gasteiger charge is -2.28. The summed E-state index contributed by atoms with van der Waals surface area (Å²) in [5, 5.41) is 6.95. The van der Waals surface area contributed by atoms with E-state index >= 15 is 0 Å². The SMILES string of the molecule is COc1ccc2c(c1)CCN(S(=O)(=O)CCNC(=O)c1cc(-c3ccc(F)cc3)nn1C)C2. The van der Waals surface area contributed by atoms with E-state index in [2.05, 4.69) is 10.4 Å². The van der Waals surface area contributed by atoms with Gasteiger partial charge in [0.25, 0.3) is 5.91 Å². The predicted molar refractivity (Wildman–Crippen MR) is 122 cm³/mol. The number of nitrogens with zero attached hydrogens (tertiary/aromatic N) is 3. The number of benzene rings is 2. The Kier molecular flexibility index (Phi) is 6.48. The summed E-state index contributed by atoms with van der Waals surface area (Å²) >= 11 is 0. The van der Waals surface area contributed by atoms with E-state index in [4.69, 9.17) is 4.74 Å². The van der Waals surface area contributed by atoms with Crippen LogP contribution in [-0.4, -0.2) is 54.4 Å². The number of fused-ring (bicyclic) bond motifs is 1. The molecule has 1 N–H and O–H groups in total. The fraction of sp³-hybridized carbons (Fsp3) is 0.304. The highest BCUT2D eigenvalue weighted by atomic mass is 32.2. The normalized spacial score (nSPS) is 14.0. The zero-order valence-corrected chi connectivity index (χ0v) is 19.2. The molecule has 0 unspecified atom stereocenters. The smallest absolute Gasteiger partial charge is 0.269 e. The van der Waals surface area contributed by atoms with Crippen LogP contribution in [0.1, 0.15) is 21.6 Å². The summed E-state index contributed by atoms with van der Waals surface area (Å²) in [6.07, 6.45) is 0.610. The molecule has 1 amide bonds. The number of rotatable bonds is 7. The number of aromatic nitrogens is 2. The average Bonchev–Trinajstić information content (AvgIpc) is 3.20. The summed E-state index contributed by atoms with van der Waals surface area (Å²) < 4.78 is 46.9. The predicted octanol–water partition coefficient (Wildman–Crippen LogP) is 2.35. The number of carbonyl (C=O) groups is 1. The molecule has 174 valence electrons. The van der Waals surface area contributed by atoms with Crippen molar-refractivity contribution in [2.75, 3.05) is 26.0 Å². The summed E-state index contributed by atoms with van der Waals surface area (Å²) in [5.74, 6) is -0.228. The number of amides is 1. The van der Waals surface area contributed by atoms with E-state index in [0.29, 0.717) is 30.8 Å². The minimum Gasteiger partial charge on any atom is -0.497 e. The molecule has 33 heavy (non-hydrogen) atoms. The first-order chi connectivity index (χ1) is 15.8. The second-order valence-corrected chi connectivity index (χ2v) is 9.92. The maximum absolute atomic E-state index is 13.1. The number of ether oxygens (including phenoxy) is 1. The number of sulfonamides is 1. The lowest BCUT2D eigenvalue weighted by molar-refractivity contribution is 0.0946. The molecule has 0 saturated heterocycles. The second-order valence-electron chi connectivity index (χ2n) is 7.84. The van der Waals surface area contributed by atoms with Gasteiger partial charge in [0.2, 0.25) is 10.0 Å². The highest BCUT2D eigenvalue weighted by molar-refractivity contribution is 7.89. The maximum Gasteiger partial charge on any atom is 0.269 e. The number of hydrogen-bond acceptors (Lipinski definition) is 5. The van der Waals surface area contributed by atoms with Crippen LogP contribution in [0.15, 0.2) is 48.5 Å². The third-order valence-corrected chi connectivity index (χ3v) is 7.50. The summed E-state index contributed by atoms with van der Waals surface area (Å²) in [6, 6.07) is 13.0. The fourth-order valence-corrected chi connectivity index (χ4v) is 5.15. The molecule has 0 saturated carbocycles. The van der Waals surface area contributed by atoms with Gasteiger partial charge < -0.3 is 10.1 Å². The Morgan fingerprint density at radius 2 is 1.91 bits per heavy atom. The van der Waals surface area contributed by atoms with Gasteiger partial charge in [-0.2, -0.15) is 9.40 Å². The monoisotopic (exact) mass is 472 g/mol. The molecular formula is C23H25FN4O4S. The second kappa shape index (κ2) is 9.32. The molecule has 10 heteroatoms. The van der Waals surface area contributed by atoms with Crippen molar-refractivity contribution in [3.63, 3.8) is 0 Å². The largest absolute Gasteiger partial charge is 0.497 e. The number of methoxy groups -OCH3 is 1. The first kappa shape index (κ1) is 22.9. The number of aryl methyl sites for hydroxylation is 1. The van der Waals surface area contributed by atoms with Crippen molar-refractivity contribution in [3.05, 3.63) is 71.2 Å². The van der Waals surface area contributed by atoms with Gasteiger partial charge in [0.05, 0.1) is 18.6 Å². The van der Waals surface area contributed by atoms with E-state index in [-0.39, 0.29) is 23.8 Å². The molecule has 4 rings (SSSR count). The molecular weight excluding hydrogens is 447 g/mol. The van der Waals surface area contributed by atoms with Gasteiger partial charge in [-0.1, -0.05) is 6.07 Å². The van der Waals surface area contributed by atoms with E-state index < -0.39 is 15.9 Å². The zero-order chi connectivity index (χ0) is 23.6. The molecule has 0 radical (unpaired) electrons. The molecule has 0 aliphatic carbocycles. The lowest BCUT2D eigenvalue weighted by atomic mass is 10.0. The fourth-order valence-electron chi connectivity index (χ4n) is 3.82. The first-order valence-electron chi connectivity index (χ1n) is 10.5. The Labute approximate surface area is 192 Å². The molecule has 2 aromatic carbocycles. The van der Waals surface area contributed by atoms with Crippen LogP contribution in [0, 0.1) is 5.82 Å². The molecule has 1 aliphatic heterocycles. The van der Waals surface area contributed by atoms with Gasteiger partial charge in [0, 0.05) is 32.2 Å². The van der Waals surface area contributed by atoms with Gasteiger partial charge >= 0.3 is 0 Å². The number of nitrogens with one attached hydrogen (secondary N) is 1. The molecule has 1 aromatic heterocycles. The van der Waals surface area contributed by atoms with E-state index in [0.717, 1.165) is 16.9 Å². The Balaban J connectivity index is 1.36. The summed E-state index contributed by atoms with van der Waals surface area (Å²) in [4.78, 5) is 12.6. The molecule has 2 heterocycles.